The van der Waals surface area contributed by atoms with Crippen LogP contribution in [0.5, 0.6) is 0 Å². The molecule has 0 spiro atoms. The van der Waals surface area contributed by atoms with Crippen molar-refractivity contribution in [2.75, 3.05) is 0 Å². The maximum atomic E-state index is 5.29. The summed E-state index contributed by atoms with van der Waals surface area (Å²) in [7, 11) is 0. The van der Waals surface area contributed by atoms with E-state index in [-0.39, 0.29) is 0 Å². The molecule has 0 unspecified atom stereocenters. The van der Waals surface area contributed by atoms with Crippen LogP contribution in [0.4, 0.5) is 0 Å². The zero-order valence-corrected chi connectivity index (χ0v) is 31.8. The Hall–Kier alpha value is -7.68. The minimum absolute atomic E-state index is 0.939. The first-order chi connectivity index (χ1) is 28.7. The predicted molar refractivity (Wildman–Crippen MR) is 243 cm³/mol. The van der Waals surface area contributed by atoms with Gasteiger partial charge in [-0.1, -0.05) is 194 Å². The molecule has 2 heteroatoms. The third kappa shape index (κ3) is 7.11. The fourth-order valence-corrected chi connectivity index (χ4v) is 7.82. The second-order valence-corrected chi connectivity index (χ2v) is 14.6. The molecular formula is C56H38N2. The summed E-state index contributed by atoms with van der Waals surface area (Å²) in [6.45, 7) is 0. The maximum Gasteiger partial charge on any atom is 0.0716 e. The highest BCUT2D eigenvalue weighted by molar-refractivity contribution is 6.00. The van der Waals surface area contributed by atoms with Gasteiger partial charge >= 0.3 is 0 Å². The van der Waals surface area contributed by atoms with Crippen LogP contribution < -0.4 is 0 Å². The second-order valence-electron chi connectivity index (χ2n) is 14.6. The summed E-state index contributed by atoms with van der Waals surface area (Å²) in [5.41, 5.74) is 18.7. The Bertz CT molecular complexity index is 2940. The van der Waals surface area contributed by atoms with Crippen molar-refractivity contribution in [3.8, 4) is 89.4 Å². The first-order valence-corrected chi connectivity index (χ1v) is 19.7. The fourth-order valence-electron chi connectivity index (χ4n) is 7.82. The van der Waals surface area contributed by atoms with Gasteiger partial charge in [0.25, 0.3) is 0 Å². The monoisotopic (exact) mass is 738 g/mol. The van der Waals surface area contributed by atoms with Gasteiger partial charge in [-0.3, -0.25) is 0 Å². The number of rotatable bonds is 8. The van der Waals surface area contributed by atoms with Gasteiger partial charge in [-0.15, -0.1) is 0 Å². The van der Waals surface area contributed by atoms with Crippen LogP contribution in [0.1, 0.15) is 0 Å². The van der Waals surface area contributed by atoms with Crippen LogP contribution in [0, 0.1) is 0 Å². The average molecular weight is 739 g/mol. The molecule has 0 aliphatic carbocycles. The molecule has 0 bridgehead atoms. The standard InChI is InChI=1S/C56H38N2/c1-5-14-39(15-6-1)41-24-26-43(27-25-41)48-32-33-53-52(35-48)51(38-56(57-53)46-30-28-42(29-31-46)40-16-7-2-8-17-40)49-23-13-22-47(34-49)50-36-54(44-18-9-3-10-19-44)58-55(37-50)45-20-11-4-12-21-45/h1-38H. The lowest BCUT2D eigenvalue weighted by Crippen LogP contribution is -1.93. The smallest absolute Gasteiger partial charge is 0.0716 e. The van der Waals surface area contributed by atoms with Crippen molar-refractivity contribution in [3.63, 3.8) is 0 Å². The van der Waals surface area contributed by atoms with Gasteiger partial charge in [0.05, 0.1) is 22.6 Å². The van der Waals surface area contributed by atoms with Crippen LogP contribution >= 0.6 is 0 Å². The molecule has 0 fully saturated rings. The van der Waals surface area contributed by atoms with Gasteiger partial charge in [0.1, 0.15) is 0 Å². The lowest BCUT2D eigenvalue weighted by Gasteiger charge is -2.15. The number of aromatic nitrogens is 2. The average Bonchev–Trinajstić information content (AvgIpc) is 3.32. The SMILES string of the molecule is c1ccc(-c2ccc(-c3ccc4nc(-c5ccc(-c6ccccc6)cc5)cc(-c5cccc(-c6cc(-c7ccccc7)nc(-c7ccccc7)c6)c5)c4c3)cc2)cc1. The van der Waals surface area contributed by atoms with Crippen molar-refractivity contribution in [1.29, 1.82) is 0 Å². The molecule has 0 saturated heterocycles. The van der Waals surface area contributed by atoms with Crippen LogP contribution in [-0.4, -0.2) is 9.97 Å². The molecule has 10 aromatic rings. The van der Waals surface area contributed by atoms with Crippen molar-refractivity contribution in [2.45, 2.75) is 0 Å². The van der Waals surface area contributed by atoms with E-state index in [1.54, 1.807) is 0 Å². The summed E-state index contributed by atoms with van der Waals surface area (Å²) in [4.78, 5) is 10.4. The number of benzene rings is 8. The maximum absolute atomic E-state index is 5.29. The van der Waals surface area contributed by atoms with E-state index in [1.807, 2.05) is 12.1 Å². The Labute approximate surface area is 339 Å². The summed E-state index contributed by atoms with van der Waals surface area (Å²) in [5.74, 6) is 0. The minimum Gasteiger partial charge on any atom is -0.248 e. The van der Waals surface area contributed by atoms with Gasteiger partial charge in [0, 0.05) is 22.1 Å². The molecule has 0 aliphatic rings. The van der Waals surface area contributed by atoms with E-state index >= 15 is 0 Å². The quantitative estimate of drug-likeness (QED) is 0.155. The van der Waals surface area contributed by atoms with Crippen LogP contribution in [0.2, 0.25) is 0 Å². The highest BCUT2D eigenvalue weighted by Gasteiger charge is 2.15. The Morgan fingerprint density at radius 3 is 1.10 bits per heavy atom. The second kappa shape index (κ2) is 15.5. The van der Waals surface area contributed by atoms with E-state index in [4.69, 9.17) is 9.97 Å². The predicted octanol–water partition coefficient (Wildman–Crippen LogP) is 15.0. The highest BCUT2D eigenvalue weighted by Crippen LogP contribution is 2.38. The Morgan fingerprint density at radius 2 is 0.569 bits per heavy atom. The fraction of sp³-hybridized carbons (Fsp3) is 0. The molecule has 0 amide bonds. The summed E-state index contributed by atoms with van der Waals surface area (Å²) >= 11 is 0. The minimum atomic E-state index is 0.939. The molecule has 58 heavy (non-hydrogen) atoms. The van der Waals surface area contributed by atoms with Crippen LogP contribution in [0.15, 0.2) is 231 Å². The molecule has 2 heterocycles. The molecular weight excluding hydrogens is 701 g/mol. The molecule has 10 rings (SSSR count). The van der Waals surface area contributed by atoms with Crippen molar-refractivity contribution < 1.29 is 0 Å². The van der Waals surface area contributed by atoms with Crippen LogP contribution in [0.3, 0.4) is 0 Å². The van der Waals surface area contributed by atoms with Crippen molar-refractivity contribution in [3.05, 3.63) is 231 Å². The van der Waals surface area contributed by atoms with E-state index in [9.17, 15) is 0 Å². The van der Waals surface area contributed by atoms with Crippen molar-refractivity contribution in [2.24, 2.45) is 0 Å². The Morgan fingerprint density at radius 1 is 0.207 bits per heavy atom. The molecule has 2 nitrogen and oxygen atoms in total. The lowest BCUT2D eigenvalue weighted by molar-refractivity contribution is 1.32. The largest absolute Gasteiger partial charge is 0.248 e. The topological polar surface area (TPSA) is 25.8 Å². The van der Waals surface area contributed by atoms with E-state index in [2.05, 4.69) is 218 Å². The van der Waals surface area contributed by atoms with Gasteiger partial charge in [-0.25, -0.2) is 9.97 Å². The molecule has 0 aliphatic heterocycles. The zero-order chi connectivity index (χ0) is 38.7. The van der Waals surface area contributed by atoms with Gasteiger partial charge in [0.2, 0.25) is 0 Å². The van der Waals surface area contributed by atoms with E-state index < -0.39 is 0 Å². The first kappa shape index (κ1) is 34.8. The van der Waals surface area contributed by atoms with E-state index in [1.165, 1.54) is 27.8 Å². The molecule has 0 atom stereocenters. The van der Waals surface area contributed by atoms with Gasteiger partial charge in [-0.05, 0) is 92.0 Å². The molecule has 8 aromatic carbocycles. The Balaban J connectivity index is 1.11. The van der Waals surface area contributed by atoms with E-state index in [0.29, 0.717) is 0 Å². The van der Waals surface area contributed by atoms with Crippen LogP contribution in [0.25, 0.3) is 100 Å². The third-order valence-corrected chi connectivity index (χ3v) is 10.9. The molecule has 0 N–H and O–H groups in total. The van der Waals surface area contributed by atoms with Crippen molar-refractivity contribution >= 4 is 10.9 Å². The first-order valence-electron chi connectivity index (χ1n) is 19.7. The molecule has 0 saturated carbocycles. The van der Waals surface area contributed by atoms with Gasteiger partial charge < -0.3 is 0 Å². The Kier molecular flexibility index (Phi) is 9.27. The number of nitrogens with zero attached hydrogens (tertiary/aromatic N) is 2. The van der Waals surface area contributed by atoms with Crippen LogP contribution in [-0.2, 0) is 0 Å². The number of hydrogen-bond donors (Lipinski definition) is 0. The summed E-state index contributed by atoms with van der Waals surface area (Å²) in [6, 6.07) is 81.8. The lowest BCUT2D eigenvalue weighted by atomic mass is 9.92. The number of fused-ring (bicyclic) bond motifs is 1. The third-order valence-electron chi connectivity index (χ3n) is 10.9. The summed E-state index contributed by atoms with van der Waals surface area (Å²) < 4.78 is 0. The summed E-state index contributed by atoms with van der Waals surface area (Å²) in [6.07, 6.45) is 0. The molecule has 2 aromatic heterocycles. The van der Waals surface area contributed by atoms with E-state index in [0.717, 1.165) is 72.5 Å². The molecule has 0 radical (unpaired) electrons. The highest BCUT2D eigenvalue weighted by atomic mass is 14.7. The summed E-state index contributed by atoms with van der Waals surface area (Å²) in [5, 5.41) is 1.11. The van der Waals surface area contributed by atoms with Gasteiger partial charge in [0.15, 0.2) is 0 Å². The van der Waals surface area contributed by atoms with Gasteiger partial charge in [-0.2, -0.15) is 0 Å². The number of pyridine rings is 2. The number of hydrogen-bond acceptors (Lipinski definition) is 2. The molecule has 272 valence electrons. The van der Waals surface area contributed by atoms with Crippen molar-refractivity contribution in [1.82, 2.24) is 9.97 Å². The zero-order valence-electron chi connectivity index (χ0n) is 31.8. The normalized spacial score (nSPS) is 11.1.